The molecule has 0 aliphatic carbocycles. The first kappa shape index (κ1) is 24.4. The Bertz CT molecular complexity index is 375. The van der Waals surface area contributed by atoms with Crippen LogP contribution < -0.4 is 10.6 Å². The number of guanidine groups is 1. The van der Waals surface area contributed by atoms with Crippen molar-refractivity contribution in [1.29, 1.82) is 0 Å². The number of likely N-dealkylation sites (tertiary alicyclic amines) is 1. The van der Waals surface area contributed by atoms with Gasteiger partial charge in [-0.2, -0.15) is 0 Å². The van der Waals surface area contributed by atoms with Gasteiger partial charge in [-0.3, -0.25) is 9.79 Å². The minimum Gasteiger partial charge on any atom is -0.382 e. The largest absolute Gasteiger partial charge is 0.382 e. The molecule has 2 N–H and O–H groups in total. The highest BCUT2D eigenvalue weighted by atomic mass is 127. The van der Waals surface area contributed by atoms with Gasteiger partial charge in [-0.15, -0.1) is 24.0 Å². The van der Waals surface area contributed by atoms with Crippen LogP contribution >= 0.6 is 24.0 Å². The maximum atomic E-state index is 11.5. The molecule has 7 nitrogen and oxygen atoms in total. The minimum atomic E-state index is 0. The molecule has 1 rings (SSSR count). The SMILES string of the molecule is CCNC(=NCCCOCCOC)N1CCC(CC(=O)NC)CC1.I. The number of aliphatic imine (C=N–C) groups is 1. The lowest BCUT2D eigenvalue weighted by atomic mass is 9.93. The van der Waals surface area contributed by atoms with Crippen LogP contribution in [0.25, 0.3) is 0 Å². The van der Waals surface area contributed by atoms with Crippen LogP contribution in [0.5, 0.6) is 0 Å². The molecule has 1 aliphatic rings. The molecule has 148 valence electrons. The van der Waals surface area contributed by atoms with Gasteiger partial charge < -0.3 is 25.0 Å². The first-order valence-corrected chi connectivity index (χ1v) is 9.01. The molecular weight excluding hydrogens is 435 g/mol. The number of piperidine rings is 1. The number of ether oxygens (including phenoxy) is 2. The predicted molar refractivity (Wildman–Crippen MR) is 112 cm³/mol. The van der Waals surface area contributed by atoms with Crippen LogP contribution in [0.4, 0.5) is 0 Å². The average Bonchev–Trinajstić information content (AvgIpc) is 2.60. The molecule has 1 saturated heterocycles. The minimum absolute atomic E-state index is 0. The number of carbonyl (C=O) groups excluding carboxylic acids is 1. The molecule has 1 fully saturated rings. The Morgan fingerprint density at radius 3 is 2.56 bits per heavy atom. The van der Waals surface area contributed by atoms with E-state index >= 15 is 0 Å². The van der Waals surface area contributed by atoms with Crippen molar-refractivity contribution in [2.75, 3.05) is 60.2 Å². The van der Waals surface area contributed by atoms with E-state index in [1.54, 1.807) is 14.2 Å². The molecule has 1 amide bonds. The van der Waals surface area contributed by atoms with Crippen molar-refractivity contribution in [1.82, 2.24) is 15.5 Å². The first-order chi connectivity index (χ1) is 11.7. The van der Waals surface area contributed by atoms with E-state index in [0.29, 0.717) is 32.2 Å². The molecule has 0 unspecified atom stereocenters. The van der Waals surface area contributed by atoms with Crippen molar-refractivity contribution in [2.45, 2.75) is 32.6 Å². The lowest BCUT2D eigenvalue weighted by Crippen LogP contribution is -2.46. The summed E-state index contributed by atoms with van der Waals surface area (Å²) in [7, 11) is 3.38. The van der Waals surface area contributed by atoms with Gasteiger partial charge in [0.1, 0.15) is 0 Å². The predicted octanol–water partition coefficient (Wildman–Crippen LogP) is 1.47. The third-order valence-corrected chi connectivity index (χ3v) is 4.14. The number of nitrogens with one attached hydrogen (secondary N) is 2. The first-order valence-electron chi connectivity index (χ1n) is 9.01. The number of nitrogens with zero attached hydrogens (tertiary/aromatic N) is 2. The molecule has 0 spiro atoms. The van der Waals surface area contributed by atoms with Gasteiger partial charge in [0.05, 0.1) is 13.2 Å². The molecule has 1 heterocycles. The summed E-state index contributed by atoms with van der Waals surface area (Å²) >= 11 is 0. The molecule has 0 aromatic heterocycles. The standard InChI is InChI=1S/C17H34N4O3.HI/c1-4-19-17(20-8-5-11-24-13-12-23-3)21-9-6-15(7-10-21)14-16(22)18-2;/h15H,4-14H2,1-3H3,(H,18,22)(H,19,20);1H. The van der Waals surface area contributed by atoms with Crippen LogP contribution in [0.2, 0.25) is 0 Å². The fraction of sp³-hybridized carbons (Fsp3) is 0.882. The summed E-state index contributed by atoms with van der Waals surface area (Å²) in [5.74, 6) is 1.61. The van der Waals surface area contributed by atoms with Crippen LogP contribution in [0.1, 0.15) is 32.6 Å². The monoisotopic (exact) mass is 470 g/mol. The summed E-state index contributed by atoms with van der Waals surface area (Å²) in [6, 6.07) is 0. The second-order valence-electron chi connectivity index (χ2n) is 6.00. The average molecular weight is 470 g/mol. The lowest BCUT2D eigenvalue weighted by Gasteiger charge is -2.34. The summed E-state index contributed by atoms with van der Waals surface area (Å²) in [5.41, 5.74) is 0. The Hall–Kier alpha value is -0.610. The number of rotatable bonds is 10. The summed E-state index contributed by atoms with van der Waals surface area (Å²) in [5, 5.41) is 6.08. The van der Waals surface area contributed by atoms with E-state index in [0.717, 1.165) is 51.4 Å². The van der Waals surface area contributed by atoms with Crippen LogP contribution in [-0.2, 0) is 14.3 Å². The third kappa shape index (κ3) is 10.9. The number of carbonyl (C=O) groups is 1. The Morgan fingerprint density at radius 2 is 1.96 bits per heavy atom. The summed E-state index contributed by atoms with van der Waals surface area (Å²) in [6.45, 7) is 7.60. The Balaban J connectivity index is 0.00000576. The smallest absolute Gasteiger partial charge is 0.220 e. The summed E-state index contributed by atoms with van der Waals surface area (Å²) in [6.07, 6.45) is 3.62. The van der Waals surface area contributed by atoms with Crippen LogP contribution in [0.3, 0.4) is 0 Å². The quantitative estimate of drug-likeness (QED) is 0.219. The van der Waals surface area contributed by atoms with Gasteiger partial charge >= 0.3 is 0 Å². The van der Waals surface area contributed by atoms with E-state index in [1.165, 1.54) is 0 Å². The zero-order chi connectivity index (χ0) is 17.6. The fourth-order valence-corrected chi connectivity index (χ4v) is 2.73. The van der Waals surface area contributed by atoms with Crippen LogP contribution in [0.15, 0.2) is 4.99 Å². The molecule has 25 heavy (non-hydrogen) atoms. The molecule has 0 bridgehead atoms. The molecule has 0 aromatic rings. The normalized spacial score (nSPS) is 15.6. The highest BCUT2D eigenvalue weighted by Crippen LogP contribution is 2.20. The molecule has 0 radical (unpaired) electrons. The van der Waals surface area contributed by atoms with Gasteiger partial charge in [0.15, 0.2) is 5.96 Å². The maximum Gasteiger partial charge on any atom is 0.220 e. The zero-order valence-electron chi connectivity index (χ0n) is 15.9. The number of methoxy groups -OCH3 is 1. The van der Waals surface area contributed by atoms with Gasteiger partial charge in [0.25, 0.3) is 0 Å². The van der Waals surface area contributed by atoms with Gasteiger partial charge in [-0.05, 0) is 32.1 Å². The van der Waals surface area contributed by atoms with Gasteiger partial charge in [-0.25, -0.2) is 0 Å². The second kappa shape index (κ2) is 15.6. The van der Waals surface area contributed by atoms with Gasteiger partial charge in [0, 0.05) is 53.4 Å². The molecule has 0 aromatic carbocycles. The Morgan fingerprint density at radius 1 is 1.24 bits per heavy atom. The molecule has 0 saturated carbocycles. The van der Waals surface area contributed by atoms with E-state index in [4.69, 9.17) is 14.5 Å². The van der Waals surface area contributed by atoms with E-state index in [-0.39, 0.29) is 29.9 Å². The zero-order valence-corrected chi connectivity index (χ0v) is 18.2. The summed E-state index contributed by atoms with van der Waals surface area (Å²) in [4.78, 5) is 18.5. The summed E-state index contributed by atoms with van der Waals surface area (Å²) < 4.78 is 10.4. The fourth-order valence-electron chi connectivity index (χ4n) is 2.73. The Labute approximate surface area is 169 Å². The van der Waals surface area contributed by atoms with Crippen molar-refractivity contribution >= 4 is 35.8 Å². The van der Waals surface area contributed by atoms with E-state index < -0.39 is 0 Å². The third-order valence-electron chi connectivity index (χ3n) is 4.14. The van der Waals surface area contributed by atoms with Crippen molar-refractivity contribution < 1.29 is 14.3 Å². The number of amides is 1. The highest BCUT2D eigenvalue weighted by Gasteiger charge is 2.22. The van der Waals surface area contributed by atoms with Gasteiger partial charge in [0.2, 0.25) is 5.91 Å². The molecular formula is C17H35IN4O3. The van der Waals surface area contributed by atoms with Crippen molar-refractivity contribution in [3.05, 3.63) is 0 Å². The maximum absolute atomic E-state index is 11.5. The lowest BCUT2D eigenvalue weighted by molar-refractivity contribution is -0.121. The van der Waals surface area contributed by atoms with Gasteiger partial charge in [-0.1, -0.05) is 0 Å². The molecule has 1 aliphatic heterocycles. The van der Waals surface area contributed by atoms with E-state index in [9.17, 15) is 4.79 Å². The van der Waals surface area contributed by atoms with Crippen molar-refractivity contribution in [3.63, 3.8) is 0 Å². The Kier molecular flexibility index (Phi) is 15.2. The van der Waals surface area contributed by atoms with Crippen molar-refractivity contribution in [3.8, 4) is 0 Å². The van der Waals surface area contributed by atoms with Crippen LogP contribution in [0, 0.1) is 5.92 Å². The van der Waals surface area contributed by atoms with Crippen molar-refractivity contribution in [2.24, 2.45) is 10.9 Å². The topological polar surface area (TPSA) is 75.2 Å². The second-order valence-corrected chi connectivity index (χ2v) is 6.00. The molecule has 0 atom stereocenters. The van der Waals surface area contributed by atoms with E-state index in [2.05, 4.69) is 22.5 Å². The molecule has 8 heteroatoms. The van der Waals surface area contributed by atoms with E-state index in [1.807, 2.05) is 0 Å². The number of hydrogen-bond acceptors (Lipinski definition) is 4. The highest BCUT2D eigenvalue weighted by molar-refractivity contribution is 14.0. The van der Waals surface area contributed by atoms with Crippen LogP contribution in [-0.4, -0.2) is 76.9 Å². The number of hydrogen-bond donors (Lipinski definition) is 2. The number of halogens is 1.